The number of aromatic nitrogens is 1. The lowest BCUT2D eigenvalue weighted by Gasteiger charge is -2.10. The van der Waals surface area contributed by atoms with E-state index < -0.39 is 11.5 Å². The maximum Gasteiger partial charge on any atom is 0.265 e. The molecular formula is C18H16N2O4. The molecular weight excluding hydrogens is 308 g/mol. The Morgan fingerprint density at radius 3 is 2.67 bits per heavy atom. The van der Waals surface area contributed by atoms with Crippen molar-refractivity contribution in [3.8, 4) is 11.5 Å². The van der Waals surface area contributed by atoms with Crippen LogP contribution >= 0.6 is 0 Å². The van der Waals surface area contributed by atoms with E-state index >= 15 is 0 Å². The van der Waals surface area contributed by atoms with Gasteiger partial charge in [0.1, 0.15) is 17.1 Å². The zero-order valence-corrected chi connectivity index (χ0v) is 13.0. The Labute approximate surface area is 137 Å². The van der Waals surface area contributed by atoms with Gasteiger partial charge in [-0.3, -0.25) is 9.59 Å². The van der Waals surface area contributed by atoms with Crippen molar-refractivity contribution in [3.63, 3.8) is 0 Å². The van der Waals surface area contributed by atoms with Gasteiger partial charge in [-0.2, -0.15) is 0 Å². The number of carbonyl (C=O) groups excluding carboxylic acids is 1. The van der Waals surface area contributed by atoms with Gasteiger partial charge in [-0.25, -0.2) is 0 Å². The van der Waals surface area contributed by atoms with Crippen molar-refractivity contribution in [2.24, 2.45) is 0 Å². The number of carbonyl (C=O) groups is 1. The minimum absolute atomic E-state index is 0.175. The predicted molar refractivity (Wildman–Crippen MR) is 90.4 cm³/mol. The van der Waals surface area contributed by atoms with E-state index in [1.54, 1.807) is 37.4 Å². The molecule has 0 aliphatic carbocycles. The highest BCUT2D eigenvalue weighted by atomic mass is 16.5. The molecule has 0 saturated heterocycles. The molecule has 3 N–H and O–H groups in total. The molecule has 3 rings (SSSR count). The van der Waals surface area contributed by atoms with Crippen molar-refractivity contribution in [1.29, 1.82) is 0 Å². The zero-order valence-electron chi connectivity index (χ0n) is 13.0. The minimum Gasteiger partial charge on any atom is -0.506 e. The number of fused-ring (bicyclic) bond motifs is 1. The average Bonchev–Trinajstić information content (AvgIpc) is 2.60. The second kappa shape index (κ2) is 6.45. The average molecular weight is 324 g/mol. The number of ether oxygens (including phenoxy) is 1. The quantitative estimate of drug-likeness (QED) is 0.686. The lowest BCUT2D eigenvalue weighted by Crippen LogP contribution is -2.29. The second-order valence-electron chi connectivity index (χ2n) is 5.22. The summed E-state index contributed by atoms with van der Waals surface area (Å²) in [6, 6.07) is 14.0. The number of aromatic amines is 1. The minimum atomic E-state index is -0.648. The van der Waals surface area contributed by atoms with Crippen LogP contribution in [0.25, 0.3) is 10.9 Å². The van der Waals surface area contributed by atoms with Gasteiger partial charge in [0.15, 0.2) is 0 Å². The molecule has 1 amide bonds. The number of amides is 1. The van der Waals surface area contributed by atoms with Crippen LogP contribution in [-0.4, -0.2) is 23.1 Å². The highest BCUT2D eigenvalue weighted by molar-refractivity contribution is 6.02. The number of nitrogens with one attached hydrogen (secondary N) is 2. The molecule has 2 aromatic carbocycles. The van der Waals surface area contributed by atoms with Crippen molar-refractivity contribution in [2.45, 2.75) is 6.54 Å². The number of H-pyrrole nitrogens is 1. The van der Waals surface area contributed by atoms with Gasteiger partial charge in [0.2, 0.25) is 0 Å². The highest BCUT2D eigenvalue weighted by Gasteiger charge is 2.19. The summed E-state index contributed by atoms with van der Waals surface area (Å²) in [5.74, 6) is -0.341. The summed E-state index contributed by atoms with van der Waals surface area (Å²) in [6.45, 7) is 0.175. The first-order chi connectivity index (χ1) is 11.6. The number of pyridine rings is 1. The van der Waals surface area contributed by atoms with Gasteiger partial charge in [-0.1, -0.05) is 30.3 Å². The number of hydrogen-bond acceptors (Lipinski definition) is 4. The third kappa shape index (κ3) is 2.81. The van der Waals surface area contributed by atoms with Crippen LogP contribution in [0.1, 0.15) is 15.9 Å². The van der Waals surface area contributed by atoms with E-state index in [2.05, 4.69) is 10.3 Å². The van der Waals surface area contributed by atoms with E-state index in [4.69, 9.17) is 4.74 Å². The van der Waals surface area contributed by atoms with Gasteiger partial charge >= 0.3 is 0 Å². The van der Waals surface area contributed by atoms with Crippen LogP contribution in [-0.2, 0) is 6.54 Å². The van der Waals surface area contributed by atoms with Crippen molar-refractivity contribution in [1.82, 2.24) is 10.3 Å². The number of hydrogen-bond donors (Lipinski definition) is 3. The molecule has 6 heteroatoms. The van der Waals surface area contributed by atoms with Gasteiger partial charge in [-0.05, 0) is 18.2 Å². The Morgan fingerprint density at radius 2 is 1.88 bits per heavy atom. The normalized spacial score (nSPS) is 10.5. The molecule has 0 bridgehead atoms. The zero-order chi connectivity index (χ0) is 17.1. The summed E-state index contributed by atoms with van der Waals surface area (Å²) >= 11 is 0. The van der Waals surface area contributed by atoms with Crippen LogP contribution in [0.3, 0.4) is 0 Å². The highest BCUT2D eigenvalue weighted by Crippen LogP contribution is 2.24. The number of rotatable bonds is 4. The third-order valence-electron chi connectivity index (χ3n) is 3.75. The van der Waals surface area contributed by atoms with E-state index in [-0.39, 0.29) is 17.9 Å². The van der Waals surface area contributed by atoms with E-state index in [9.17, 15) is 14.7 Å². The summed E-state index contributed by atoms with van der Waals surface area (Å²) in [4.78, 5) is 27.1. The van der Waals surface area contributed by atoms with Gasteiger partial charge in [0.05, 0.1) is 12.6 Å². The summed E-state index contributed by atoms with van der Waals surface area (Å²) in [5, 5.41) is 13.3. The maximum absolute atomic E-state index is 12.4. The largest absolute Gasteiger partial charge is 0.506 e. The van der Waals surface area contributed by atoms with E-state index in [0.29, 0.717) is 16.7 Å². The molecule has 3 aromatic rings. The Balaban J connectivity index is 1.90. The molecule has 1 aromatic heterocycles. The van der Waals surface area contributed by atoms with E-state index in [0.717, 1.165) is 5.56 Å². The smallest absolute Gasteiger partial charge is 0.265 e. The molecule has 0 radical (unpaired) electrons. The Hall–Kier alpha value is -3.28. The van der Waals surface area contributed by atoms with Gasteiger partial charge in [-0.15, -0.1) is 0 Å². The number of benzene rings is 2. The number of para-hydroxylation sites is 2. The lowest BCUT2D eigenvalue weighted by molar-refractivity contribution is 0.0946. The lowest BCUT2D eigenvalue weighted by atomic mass is 10.1. The first-order valence-electron chi connectivity index (χ1n) is 7.36. The molecule has 0 aliphatic rings. The molecule has 122 valence electrons. The molecule has 0 unspecified atom stereocenters. The summed E-state index contributed by atoms with van der Waals surface area (Å²) in [5.41, 5.74) is 0.304. The molecule has 24 heavy (non-hydrogen) atoms. The van der Waals surface area contributed by atoms with E-state index in [1.165, 1.54) is 0 Å². The van der Waals surface area contributed by atoms with Crippen LogP contribution in [0.5, 0.6) is 11.5 Å². The maximum atomic E-state index is 12.4. The van der Waals surface area contributed by atoms with Gasteiger partial charge < -0.3 is 20.1 Å². The fraction of sp³-hybridized carbons (Fsp3) is 0.111. The Morgan fingerprint density at radius 1 is 1.17 bits per heavy atom. The van der Waals surface area contributed by atoms with Crippen molar-refractivity contribution in [3.05, 3.63) is 70.0 Å². The fourth-order valence-electron chi connectivity index (χ4n) is 2.55. The van der Waals surface area contributed by atoms with Crippen LogP contribution in [0.15, 0.2) is 53.3 Å². The van der Waals surface area contributed by atoms with Crippen LogP contribution < -0.4 is 15.6 Å². The molecule has 6 nitrogen and oxygen atoms in total. The SMILES string of the molecule is COc1ccccc1CNC(=O)c1c(O)c2ccccc2[nH]c1=O. The standard InChI is InChI=1S/C18H16N2O4/c1-24-14-9-5-2-6-11(14)10-19-17(22)15-16(21)12-7-3-4-8-13(12)20-18(15)23/h2-9H,10H2,1H3,(H,19,22)(H2,20,21,23). The van der Waals surface area contributed by atoms with Gasteiger partial charge in [0.25, 0.3) is 11.5 Å². The van der Waals surface area contributed by atoms with Crippen molar-refractivity contribution >= 4 is 16.8 Å². The van der Waals surface area contributed by atoms with Crippen molar-refractivity contribution in [2.75, 3.05) is 7.11 Å². The fourth-order valence-corrected chi connectivity index (χ4v) is 2.55. The molecule has 0 aliphatic heterocycles. The molecule has 1 heterocycles. The van der Waals surface area contributed by atoms with Crippen molar-refractivity contribution < 1.29 is 14.6 Å². The first-order valence-corrected chi connectivity index (χ1v) is 7.36. The summed E-state index contributed by atoms with van der Waals surface area (Å²) < 4.78 is 5.22. The Kier molecular flexibility index (Phi) is 4.20. The predicted octanol–water partition coefficient (Wildman–Crippen LogP) is 2.17. The monoisotopic (exact) mass is 324 g/mol. The Bertz CT molecular complexity index is 963. The molecule has 0 saturated carbocycles. The summed E-state index contributed by atoms with van der Waals surface area (Å²) in [7, 11) is 1.54. The third-order valence-corrected chi connectivity index (χ3v) is 3.75. The molecule has 0 fully saturated rings. The molecule has 0 spiro atoms. The second-order valence-corrected chi connectivity index (χ2v) is 5.22. The van der Waals surface area contributed by atoms with E-state index in [1.807, 2.05) is 18.2 Å². The topological polar surface area (TPSA) is 91.4 Å². The first kappa shape index (κ1) is 15.6. The summed E-state index contributed by atoms with van der Waals surface area (Å²) in [6.07, 6.45) is 0. The van der Waals surface area contributed by atoms with Crippen LogP contribution in [0.2, 0.25) is 0 Å². The number of methoxy groups -OCH3 is 1. The molecule has 0 atom stereocenters. The van der Waals surface area contributed by atoms with Crippen LogP contribution in [0.4, 0.5) is 0 Å². The van der Waals surface area contributed by atoms with Crippen LogP contribution in [0, 0.1) is 0 Å². The van der Waals surface area contributed by atoms with Gasteiger partial charge in [0, 0.05) is 17.5 Å². The number of aromatic hydroxyl groups is 1.